The number of thiophene rings is 1. The fraction of sp³-hybridized carbons (Fsp3) is 0.417. The second kappa shape index (κ2) is 5.61. The highest BCUT2D eigenvalue weighted by atomic mass is 32.2. The van der Waals surface area contributed by atoms with E-state index in [1.807, 2.05) is 0 Å². The molecule has 0 aliphatic heterocycles. The summed E-state index contributed by atoms with van der Waals surface area (Å²) in [6, 6.07) is 3.58. The van der Waals surface area contributed by atoms with Gasteiger partial charge in [0.2, 0.25) is 5.91 Å². The molecule has 0 saturated heterocycles. The highest BCUT2D eigenvalue weighted by Crippen LogP contribution is 2.38. The van der Waals surface area contributed by atoms with Crippen LogP contribution in [0.2, 0.25) is 0 Å². The van der Waals surface area contributed by atoms with E-state index in [4.69, 9.17) is 10.5 Å². The number of nitrogens with zero attached hydrogens (tertiary/aromatic N) is 2. The molecule has 1 amide bonds. The van der Waals surface area contributed by atoms with Gasteiger partial charge in [0.15, 0.2) is 9.84 Å². The molecule has 0 atom stereocenters. The second-order valence-corrected chi connectivity index (χ2v) is 7.58. The monoisotopic (exact) mass is 309 g/mol. The van der Waals surface area contributed by atoms with Gasteiger partial charge in [-0.3, -0.25) is 4.79 Å². The maximum Gasteiger partial charge on any atom is 0.240 e. The summed E-state index contributed by atoms with van der Waals surface area (Å²) >= 11 is 1.33. The molecule has 1 aromatic heterocycles. The Morgan fingerprint density at radius 3 is 2.75 bits per heavy atom. The van der Waals surface area contributed by atoms with Gasteiger partial charge in [-0.25, -0.2) is 8.42 Å². The van der Waals surface area contributed by atoms with Crippen molar-refractivity contribution in [2.75, 3.05) is 16.8 Å². The fourth-order valence-corrected chi connectivity index (χ4v) is 4.15. The number of anilines is 1. The Balaban J connectivity index is 2.14. The molecular formula is C12H11N3O3S2. The lowest BCUT2D eigenvalue weighted by Crippen LogP contribution is -2.24. The number of carbonyl (C=O) groups is 1. The summed E-state index contributed by atoms with van der Waals surface area (Å²) in [6.07, 6.45) is 2.70. The average molecular weight is 309 g/mol. The van der Waals surface area contributed by atoms with Gasteiger partial charge in [-0.1, -0.05) is 0 Å². The van der Waals surface area contributed by atoms with Crippen LogP contribution in [0.3, 0.4) is 0 Å². The van der Waals surface area contributed by atoms with E-state index in [-0.39, 0.29) is 0 Å². The Morgan fingerprint density at radius 2 is 2.10 bits per heavy atom. The first-order chi connectivity index (χ1) is 9.46. The van der Waals surface area contributed by atoms with E-state index >= 15 is 0 Å². The topological polar surface area (TPSA) is 111 Å². The molecule has 0 saturated carbocycles. The van der Waals surface area contributed by atoms with E-state index in [1.54, 1.807) is 0 Å². The smallest absolute Gasteiger partial charge is 0.240 e. The van der Waals surface area contributed by atoms with Crippen LogP contribution in [-0.4, -0.2) is 25.8 Å². The van der Waals surface area contributed by atoms with Crippen molar-refractivity contribution in [1.29, 1.82) is 10.5 Å². The van der Waals surface area contributed by atoms with Crippen molar-refractivity contribution in [1.82, 2.24) is 0 Å². The van der Waals surface area contributed by atoms with Gasteiger partial charge in [-0.05, 0) is 24.8 Å². The number of hydrogen-bond donors (Lipinski definition) is 1. The van der Waals surface area contributed by atoms with Crippen LogP contribution in [0, 0.1) is 22.7 Å². The maximum atomic E-state index is 11.7. The Bertz CT molecular complexity index is 735. The summed E-state index contributed by atoms with van der Waals surface area (Å²) in [7, 11) is -3.72. The molecule has 2 rings (SSSR count). The maximum absolute atomic E-state index is 11.7. The minimum atomic E-state index is -3.72. The molecule has 1 aliphatic rings. The predicted molar refractivity (Wildman–Crippen MR) is 74.0 cm³/mol. The molecule has 1 heterocycles. The molecular weight excluding hydrogens is 298 g/mol. The molecule has 0 bridgehead atoms. The lowest BCUT2D eigenvalue weighted by Gasteiger charge is -2.03. The minimum absolute atomic E-state index is 0.411. The molecule has 8 heteroatoms. The van der Waals surface area contributed by atoms with Crippen LogP contribution in [-0.2, 0) is 27.5 Å². The molecule has 0 unspecified atom stereocenters. The normalized spacial score (nSPS) is 13.3. The van der Waals surface area contributed by atoms with E-state index in [1.165, 1.54) is 17.4 Å². The predicted octanol–water partition coefficient (Wildman–Crippen LogP) is 0.985. The Morgan fingerprint density at radius 1 is 1.35 bits per heavy atom. The Labute approximate surface area is 120 Å². The molecule has 20 heavy (non-hydrogen) atoms. The van der Waals surface area contributed by atoms with E-state index in [2.05, 4.69) is 11.4 Å². The molecule has 1 aliphatic carbocycles. The van der Waals surface area contributed by atoms with E-state index < -0.39 is 27.3 Å². The molecule has 6 nitrogen and oxygen atoms in total. The van der Waals surface area contributed by atoms with Crippen molar-refractivity contribution in [3.8, 4) is 12.1 Å². The summed E-state index contributed by atoms with van der Waals surface area (Å²) < 4.78 is 22.8. The molecule has 0 radical (unpaired) electrons. The number of carbonyl (C=O) groups excluding carboxylic acids is 1. The summed E-state index contributed by atoms with van der Waals surface area (Å²) in [5.74, 6) is -2.14. The first-order valence-corrected chi connectivity index (χ1v) is 8.52. The van der Waals surface area contributed by atoms with E-state index in [0.29, 0.717) is 10.6 Å². The zero-order valence-corrected chi connectivity index (χ0v) is 12.1. The third-order valence-electron chi connectivity index (χ3n) is 2.92. The summed E-state index contributed by atoms with van der Waals surface area (Å²) in [4.78, 5) is 12.8. The van der Waals surface area contributed by atoms with Crippen LogP contribution in [0.4, 0.5) is 5.00 Å². The van der Waals surface area contributed by atoms with Crippen molar-refractivity contribution >= 4 is 32.1 Å². The molecule has 1 aromatic rings. The van der Waals surface area contributed by atoms with E-state index in [0.717, 1.165) is 29.7 Å². The molecule has 0 spiro atoms. The van der Waals surface area contributed by atoms with Gasteiger partial charge in [0.1, 0.15) is 22.6 Å². The Hall–Kier alpha value is -1.90. The second-order valence-electron chi connectivity index (χ2n) is 4.41. The number of hydrogen-bond acceptors (Lipinski definition) is 6. The minimum Gasteiger partial charge on any atom is -0.316 e. The lowest BCUT2D eigenvalue weighted by molar-refractivity contribution is -0.113. The quantitative estimate of drug-likeness (QED) is 0.891. The van der Waals surface area contributed by atoms with Crippen LogP contribution >= 0.6 is 11.3 Å². The average Bonchev–Trinajstić information content (AvgIpc) is 2.87. The number of aryl methyl sites for hydroxylation is 1. The van der Waals surface area contributed by atoms with Gasteiger partial charge in [0, 0.05) is 4.88 Å². The zero-order chi connectivity index (χ0) is 14.8. The van der Waals surface area contributed by atoms with Crippen LogP contribution in [0.1, 0.15) is 22.4 Å². The number of rotatable bonds is 4. The zero-order valence-electron chi connectivity index (χ0n) is 10.5. The van der Waals surface area contributed by atoms with Crippen molar-refractivity contribution in [2.45, 2.75) is 19.3 Å². The number of sulfone groups is 1. The summed E-state index contributed by atoms with van der Waals surface area (Å²) in [5.41, 5.74) is 1.40. The first-order valence-electron chi connectivity index (χ1n) is 5.88. The van der Waals surface area contributed by atoms with Crippen molar-refractivity contribution < 1.29 is 13.2 Å². The summed E-state index contributed by atoms with van der Waals surface area (Å²) in [6.45, 7) is 0. The highest BCUT2D eigenvalue weighted by molar-refractivity contribution is 7.92. The van der Waals surface area contributed by atoms with Gasteiger partial charge in [-0.15, -0.1) is 11.3 Å². The number of amides is 1. The van der Waals surface area contributed by atoms with Gasteiger partial charge < -0.3 is 5.32 Å². The van der Waals surface area contributed by atoms with Gasteiger partial charge in [0.25, 0.3) is 0 Å². The van der Waals surface area contributed by atoms with Crippen LogP contribution in [0.25, 0.3) is 0 Å². The Kier molecular flexibility index (Phi) is 4.07. The first kappa shape index (κ1) is 14.5. The van der Waals surface area contributed by atoms with Gasteiger partial charge in [-0.2, -0.15) is 10.5 Å². The number of nitriles is 2. The largest absolute Gasteiger partial charge is 0.316 e. The molecule has 1 N–H and O–H groups in total. The van der Waals surface area contributed by atoms with Crippen molar-refractivity contribution in [3.05, 3.63) is 16.0 Å². The van der Waals surface area contributed by atoms with E-state index in [9.17, 15) is 13.2 Å². The van der Waals surface area contributed by atoms with Crippen molar-refractivity contribution in [2.24, 2.45) is 0 Å². The molecule has 104 valence electrons. The van der Waals surface area contributed by atoms with Crippen molar-refractivity contribution in [3.63, 3.8) is 0 Å². The molecule has 0 fully saturated rings. The fourth-order valence-electron chi connectivity index (χ4n) is 2.12. The molecule has 0 aromatic carbocycles. The SMILES string of the molecule is N#CCS(=O)(=O)CC(=O)Nc1sc2c(c1C#N)CCC2. The third-order valence-corrected chi connectivity index (χ3v) is 5.40. The number of fused-ring (bicyclic) bond motifs is 1. The standard InChI is InChI=1S/C12H11N3O3S2/c13-4-5-20(17,18)7-11(16)15-12-9(6-14)8-2-1-3-10(8)19-12/h1-3,5,7H2,(H,15,16). The summed E-state index contributed by atoms with van der Waals surface area (Å²) in [5, 5.41) is 20.4. The highest BCUT2D eigenvalue weighted by Gasteiger charge is 2.24. The van der Waals surface area contributed by atoms with Crippen LogP contribution in [0.5, 0.6) is 0 Å². The number of nitrogens with one attached hydrogen (secondary N) is 1. The van der Waals surface area contributed by atoms with Crippen LogP contribution in [0.15, 0.2) is 0 Å². The van der Waals surface area contributed by atoms with Gasteiger partial charge >= 0.3 is 0 Å². The lowest BCUT2D eigenvalue weighted by atomic mass is 10.1. The third kappa shape index (κ3) is 2.98. The van der Waals surface area contributed by atoms with Gasteiger partial charge in [0.05, 0.1) is 11.6 Å². The van der Waals surface area contributed by atoms with Crippen LogP contribution < -0.4 is 5.32 Å².